The number of nitrogens with zero attached hydrogens (tertiary/aromatic N) is 2. The van der Waals surface area contributed by atoms with Crippen LogP contribution in [0, 0.1) is 0 Å². The Morgan fingerprint density at radius 2 is 2.00 bits per heavy atom. The average Bonchev–Trinajstić information content (AvgIpc) is 2.40. The second-order valence-corrected chi connectivity index (χ2v) is 4.99. The van der Waals surface area contributed by atoms with E-state index in [-0.39, 0.29) is 0 Å². The lowest BCUT2D eigenvalue weighted by Gasteiger charge is -2.09. The SMILES string of the molecule is CCNc1ncccc1CSc1ncccc1Cl. The number of nitrogens with one attached hydrogen (secondary N) is 1. The molecule has 0 aliphatic heterocycles. The van der Waals surface area contributed by atoms with Gasteiger partial charge in [-0.1, -0.05) is 17.7 Å². The summed E-state index contributed by atoms with van der Waals surface area (Å²) in [5.41, 5.74) is 1.16. The van der Waals surface area contributed by atoms with E-state index in [1.807, 2.05) is 18.2 Å². The molecule has 2 rings (SSSR count). The Labute approximate surface area is 116 Å². The Balaban J connectivity index is 2.08. The van der Waals surface area contributed by atoms with Gasteiger partial charge in [0, 0.05) is 30.3 Å². The minimum absolute atomic E-state index is 0.691. The van der Waals surface area contributed by atoms with Crippen molar-refractivity contribution in [2.24, 2.45) is 0 Å². The van der Waals surface area contributed by atoms with Gasteiger partial charge in [0.25, 0.3) is 0 Å². The van der Waals surface area contributed by atoms with Crippen LogP contribution in [0.4, 0.5) is 5.82 Å². The van der Waals surface area contributed by atoms with Crippen LogP contribution in [0.1, 0.15) is 12.5 Å². The first kappa shape index (κ1) is 13.2. The molecular weight excluding hydrogens is 266 g/mol. The van der Waals surface area contributed by atoms with Gasteiger partial charge < -0.3 is 5.32 Å². The fraction of sp³-hybridized carbons (Fsp3) is 0.231. The number of anilines is 1. The van der Waals surface area contributed by atoms with Crippen molar-refractivity contribution in [2.45, 2.75) is 17.7 Å². The van der Waals surface area contributed by atoms with Crippen LogP contribution < -0.4 is 5.32 Å². The summed E-state index contributed by atoms with van der Waals surface area (Å²) in [5, 5.41) is 4.79. The first-order valence-electron chi connectivity index (χ1n) is 5.72. The number of halogens is 1. The Hall–Kier alpha value is -1.26. The van der Waals surface area contributed by atoms with Gasteiger partial charge in [0.05, 0.1) is 5.02 Å². The Kier molecular flexibility index (Phi) is 4.84. The highest BCUT2D eigenvalue weighted by atomic mass is 35.5. The molecule has 2 aromatic rings. The van der Waals surface area contributed by atoms with Crippen molar-refractivity contribution >= 4 is 29.2 Å². The molecule has 18 heavy (non-hydrogen) atoms. The van der Waals surface area contributed by atoms with Crippen LogP contribution in [0.3, 0.4) is 0 Å². The molecule has 3 nitrogen and oxygen atoms in total. The molecule has 0 amide bonds. The van der Waals surface area contributed by atoms with Gasteiger partial charge in [-0.25, -0.2) is 9.97 Å². The summed E-state index contributed by atoms with van der Waals surface area (Å²) < 4.78 is 0. The molecule has 94 valence electrons. The molecule has 0 spiro atoms. The highest BCUT2D eigenvalue weighted by molar-refractivity contribution is 7.98. The number of aromatic nitrogens is 2. The lowest BCUT2D eigenvalue weighted by atomic mass is 10.3. The summed E-state index contributed by atoms with van der Waals surface area (Å²) in [6.45, 7) is 2.92. The summed E-state index contributed by atoms with van der Waals surface area (Å²) >= 11 is 7.69. The van der Waals surface area contributed by atoms with Crippen molar-refractivity contribution in [3.05, 3.63) is 47.2 Å². The van der Waals surface area contributed by atoms with E-state index < -0.39 is 0 Å². The third-order valence-corrected chi connectivity index (χ3v) is 3.80. The van der Waals surface area contributed by atoms with Crippen molar-refractivity contribution in [1.82, 2.24) is 9.97 Å². The minimum Gasteiger partial charge on any atom is -0.370 e. The van der Waals surface area contributed by atoms with E-state index in [1.165, 1.54) is 0 Å². The fourth-order valence-electron chi connectivity index (χ4n) is 1.51. The molecule has 0 aliphatic carbocycles. The van der Waals surface area contributed by atoms with Crippen LogP contribution in [0.5, 0.6) is 0 Å². The largest absolute Gasteiger partial charge is 0.370 e. The summed E-state index contributed by atoms with van der Waals surface area (Å²) in [4.78, 5) is 8.58. The first-order chi connectivity index (χ1) is 8.81. The third-order valence-electron chi connectivity index (χ3n) is 2.32. The predicted molar refractivity (Wildman–Crippen MR) is 77.2 cm³/mol. The predicted octanol–water partition coefficient (Wildman–Crippen LogP) is 3.85. The molecule has 1 N–H and O–H groups in total. The van der Waals surface area contributed by atoms with Gasteiger partial charge in [0.2, 0.25) is 0 Å². The van der Waals surface area contributed by atoms with Crippen LogP contribution in [0.15, 0.2) is 41.7 Å². The van der Waals surface area contributed by atoms with E-state index in [9.17, 15) is 0 Å². The van der Waals surface area contributed by atoms with Crippen LogP contribution in [-0.4, -0.2) is 16.5 Å². The van der Waals surface area contributed by atoms with Gasteiger partial charge >= 0.3 is 0 Å². The van der Waals surface area contributed by atoms with Crippen LogP contribution in [0.25, 0.3) is 0 Å². The van der Waals surface area contributed by atoms with Gasteiger partial charge in [-0.05, 0) is 25.1 Å². The number of pyridine rings is 2. The molecule has 0 aliphatic rings. The molecule has 2 aromatic heterocycles. The highest BCUT2D eigenvalue weighted by Crippen LogP contribution is 2.28. The summed E-state index contributed by atoms with van der Waals surface area (Å²) in [6, 6.07) is 7.69. The zero-order valence-corrected chi connectivity index (χ0v) is 11.6. The zero-order chi connectivity index (χ0) is 12.8. The van der Waals surface area contributed by atoms with Crippen molar-refractivity contribution in [2.75, 3.05) is 11.9 Å². The zero-order valence-electron chi connectivity index (χ0n) is 10.1. The minimum atomic E-state index is 0.691. The van der Waals surface area contributed by atoms with E-state index in [0.29, 0.717) is 5.02 Å². The van der Waals surface area contributed by atoms with E-state index in [2.05, 4.69) is 28.3 Å². The molecule has 0 atom stereocenters. The molecule has 5 heteroatoms. The maximum atomic E-state index is 6.08. The summed E-state index contributed by atoms with van der Waals surface area (Å²) in [7, 11) is 0. The lowest BCUT2D eigenvalue weighted by Crippen LogP contribution is -2.02. The standard InChI is InChI=1S/C13H14ClN3S/c1-2-15-12-10(5-3-7-16-12)9-18-13-11(14)6-4-8-17-13/h3-8H,2,9H2,1H3,(H,15,16). The van der Waals surface area contributed by atoms with Crippen molar-refractivity contribution in [1.29, 1.82) is 0 Å². The van der Waals surface area contributed by atoms with Gasteiger partial charge in [0.15, 0.2) is 0 Å². The second-order valence-electron chi connectivity index (χ2n) is 3.62. The number of hydrogen-bond donors (Lipinski definition) is 1. The van der Waals surface area contributed by atoms with Crippen molar-refractivity contribution in [3.63, 3.8) is 0 Å². The Bertz CT molecular complexity index is 519. The quantitative estimate of drug-likeness (QED) is 0.844. The van der Waals surface area contributed by atoms with Gasteiger partial charge in [-0.15, -0.1) is 11.8 Å². The van der Waals surface area contributed by atoms with Crippen LogP contribution in [0.2, 0.25) is 5.02 Å². The molecule has 0 fully saturated rings. The molecule has 0 saturated carbocycles. The molecular formula is C13H14ClN3S. The van der Waals surface area contributed by atoms with E-state index in [1.54, 1.807) is 24.2 Å². The molecule has 0 aromatic carbocycles. The van der Waals surface area contributed by atoms with Crippen molar-refractivity contribution in [3.8, 4) is 0 Å². The number of rotatable bonds is 5. The number of thioether (sulfide) groups is 1. The van der Waals surface area contributed by atoms with Crippen molar-refractivity contribution < 1.29 is 0 Å². The molecule has 0 radical (unpaired) electrons. The van der Waals surface area contributed by atoms with E-state index in [0.717, 1.165) is 28.7 Å². The number of hydrogen-bond acceptors (Lipinski definition) is 4. The second kappa shape index (κ2) is 6.61. The van der Waals surface area contributed by atoms with Gasteiger partial charge in [0.1, 0.15) is 10.8 Å². The highest BCUT2D eigenvalue weighted by Gasteiger charge is 2.06. The molecule has 2 heterocycles. The lowest BCUT2D eigenvalue weighted by molar-refractivity contribution is 1.12. The fourth-order valence-corrected chi connectivity index (χ4v) is 2.66. The first-order valence-corrected chi connectivity index (χ1v) is 7.08. The average molecular weight is 280 g/mol. The Morgan fingerprint density at radius 1 is 1.22 bits per heavy atom. The smallest absolute Gasteiger partial charge is 0.129 e. The van der Waals surface area contributed by atoms with Crippen LogP contribution >= 0.6 is 23.4 Å². The van der Waals surface area contributed by atoms with E-state index in [4.69, 9.17) is 11.6 Å². The molecule has 0 saturated heterocycles. The monoisotopic (exact) mass is 279 g/mol. The molecule has 0 unspecified atom stereocenters. The van der Waals surface area contributed by atoms with Gasteiger partial charge in [-0.2, -0.15) is 0 Å². The van der Waals surface area contributed by atoms with Gasteiger partial charge in [-0.3, -0.25) is 0 Å². The summed E-state index contributed by atoms with van der Waals surface area (Å²) in [5.74, 6) is 1.73. The third kappa shape index (κ3) is 3.37. The van der Waals surface area contributed by atoms with E-state index >= 15 is 0 Å². The maximum absolute atomic E-state index is 6.08. The maximum Gasteiger partial charge on any atom is 0.129 e. The summed E-state index contributed by atoms with van der Waals surface area (Å²) in [6.07, 6.45) is 3.54. The van der Waals surface area contributed by atoms with Crippen LogP contribution in [-0.2, 0) is 5.75 Å². The Morgan fingerprint density at radius 3 is 2.78 bits per heavy atom. The topological polar surface area (TPSA) is 37.8 Å². The normalized spacial score (nSPS) is 10.3. The molecule has 0 bridgehead atoms.